The van der Waals surface area contributed by atoms with Gasteiger partial charge in [-0.3, -0.25) is 0 Å². The molecule has 0 fully saturated rings. The zero-order valence-electron chi connectivity index (χ0n) is 10.2. The van der Waals surface area contributed by atoms with Gasteiger partial charge in [0.05, 0.1) is 16.8 Å². The molecule has 0 aliphatic rings. The number of nitriles is 1. The van der Waals surface area contributed by atoms with Gasteiger partial charge in [0.15, 0.2) is 0 Å². The molecule has 0 spiro atoms. The van der Waals surface area contributed by atoms with Crippen molar-refractivity contribution in [3.8, 4) is 6.07 Å². The smallest absolute Gasteiger partial charge is 0.337 e. The van der Waals surface area contributed by atoms with E-state index in [9.17, 15) is 9.18 Å². The van der Waals surface area contributed by atoms with Crippen molar-refractivity contribution in [3.63, 3.8) is 0 Å². The van der Waals surface area contributed by atoms with Crippen molar-refractivity contribution in [2.24, 2.45) is 0 Å². The predicted octanol–water partition coefficient (Wildman–Crippen LogP) is 2.72. The number of hydrogen-bond donors (Lipinski definition) is 3. The van der Waals surface area contributed by atoms with Crippen LogP contribution in [0.3, 0.4) is 0 Å². The number of carboxylic acid groups (broad SMARTS) is 1. The van der Waals surface area contributed by atoms with E-state index in [2.05, 4.69) is 5.32 Å². The minimum atomic E-state index is -1.15. The molecule has 0 saturated heterocycles. The Kier molecular flexibility index (Phi) is 3.53. The van der Waals surface area contributed by atoms with E-state index >= 15 is 0 Å². The quantitative estimate of drug-likeness (QED) is 0.745. The molecule has 0 bridgehead atoms. The molecule has 6 heteroatoms. The fourth-order valence-electron chi connectivity index (χ4n) is 1.69. The average molecular weight is 271 g/mol. The molecule has 0 atom stereocenters. The predicted molar refractivity (Wildman–Crippen MR) is 72.2 cm³/mol. The third kappa shape index (κ3) is 2.67. The largest absolute Gasteiger partial charge is 0.478 e. The van der Waals surface area contributed by atoms with Crippen LogP contribution < -0.4 is 11.1 Å². The van der Waals surface area contributed by atoms with Crippen molar-refractivity contribution >= 4 is 23.0 Å². The molecular formula is C14H10FN3O2. The molecule has 0 amide bonds. The van der Waals surface area contributed by atoms with E-state index in [-0.39, 0.29) is 16.8 Å². The summed E-state index contributed by atoms with van der Waals surface area (Å²) in [7, 11) is 0. The number of rotatable bonds is 3. The first-order valence-electron chi connectivity index (χ1n) is 5.61. The number of carboxylic acids is 1. The molecule has 0 saturated carbocycles. The lowest BCUT2D eigenvalue weighted by Crippen LogP contribution is -2.03. The Balaban J connectivity index is 2.38. The number of hydrogen-bond acceptors (Lipinski definition) is 4. The lowest BCUT2D eigenvalue weighted by molar-refractivity contribution is 0.0698. The minimum Gasteiger partial charge on any atom is -0.478 e. The van der Waals surface area contributed by atoms with Crippen LogP contribution in [0.4, 0.5) is 21.5 Å². The molecule has 0 aromatic heterocycles. The van der Waals surface area contributed by atoms with Gasteiger partial charge in [0.25, 0.3) is 0 Å². The van der Waals surface area contributed by atoms with Crippen molar-refractivity contribution < 1.29 is 14.3 Å². The second kappa shape index (κ2) is 5.28. The highest BCUT2D eigenvalue weighted by Gasteiger charge is 2.10. The van der Waals surface area contributed by atoms with Crippen molar-refractivity contribution in [1.29, 1.82) is 5.26 Å². The Morgan fingerprint density at radius 1 is 1.30 bits per heavy atom. The number of nitrogens with zero attached hydrogens (tertiary/aromatic N) is 1. The maximum absolute atomic E-state index is 13.0. The zero-order valence-corrected chi connectivity index (χ0v) is 10.2. The topological polar surface area (TPSA) is 99.1 Å². The van der Waals surface area contributed by atoms with Gasteiger partial charge in [0.1, 0.15) is 11.9 Å². The summed E-state index contributed by atoms with van der Waals surface area (Å²) in [4.78, 5) is 11.0. The summed E-state index contributed by atoms with van der Waals surface area (Å²) < 4.78 is 13.0. The Labute approximate surface area is 114 Å². The first kappa shape index (κ1) is 13.4. The highest BCUT2D eigenvalue weighted by molar-refractivity contribution is 5.95. The van der Waals surface area contributed by atoms with Gasteiger partial charge in [-0.15, -0.1) is 0 Å². The van der Waals surface area contributed by atoms with E-state index in [1.54, 1.807) is 6.07 Å². The minimum absolute atomic E-state index is 0.0457. The molecule has 0 aliphatic carbocycles. The highest BCUT2D eigenvalue weighted by atomic mass is 19.1. The van der Waals surface area contributed by atoms with Crippen LogP contribution in [-0.4, -0.2) is 11.1 Å². The van der Waals surface area contributed by atoms with Gasteiger partial charge >= 0.3 is 5.97 Å². The van der Waals surface area contributed by atoms with Crippen LogP contribution in [0, 0.1) is 17.1 Å². The number of anilines is 3. The van der Waals surface area contributed by atoms with Crippen molar-refractivity contribution in [2.75, 3.05) is 11.1 Å². The van der Waals surface area contributed by atoms with Crippen molar-refractivity contribution in [3.05, 3.63) is 53.3 Å². The second-order valence-corrected chi connectivity index (χ2v) is 4.03. The number of benzene rings is 2. The molecule has 0 heterocycles. The van der Waals surface area contributed by atoms with E-state index in [1.165, 1.54) is 24.3 Å². The standard InChI is InChI=1S/C14H10FN3O2/c15-9-1-4-13(8(5-9)7-16)18-10-2-3-12(17)11(6-10)14(19)20/h1-6,18H,17H2,(H,19,20). The van der Waals surface area contributed by atoms with Crippen molar-refractivity contribution in [1.82, 2.24) is 0 Å². The van der Waals surface area contributed by atoms with Crippen LogP contribution in [0.1, 0.15) is 15.9 Å². The first-order chi connectivity index (χ1) is 9.51. The van der Waals surface area contributed by atoms with Gasteiger partial charge in [-0.05, 0) is 36.4 Å². The molecule has 2 rings (SSSR count). The second-order valence-electron chi connectivity index (χ2n) is 4.03. The summed E-state index contributed by atoms with van der Waals surface area (Å²) in [5, 5.41) is 20.8. The summed E-state index contributed by atoms with van der Waals surface area (Å²) in [6, 6.07) is 9.94. The Hall–Kier alpha value is -3.07. The Morgan fingerprint density at radius 2 is 2.05 bits per heavy atom. The van der Waals surface area contributed by atoms with Gasteiger partial charge in [0, 0.05) is 11.4 Å². The van der Waals surface area contributed by atoms with Crippen LogP contribution in [0.15, 0.2) is 36.4 Å². The monoisotopic (exact) mass is 271 g/mol. The van der Waals surface area contributed by atoms with E-state index < -0.39 is 11.8 Å². The molecule has 5 nitrogen and oxygen atoms in total. The number of nitrogens with one attached hydrogen (secondary N) is 1. The van der Waals surface area contributed by atoms with Gasteiger partial charge in [-0.2, -0.15) is 5.26 Å². The normalized spacial score (nSPS) is 9.80. The lowest BCUT2D eigenvalue weighted by Gasteiger charge is -2.10. The maximum Gasteiger partial charge on any atom is 0.337 e. The van der Waals surface area contributed by atoms with Gasteiger partial charge in [0.2, 0.25) is 0 Å². The molecule has 100 valence electrons. The maximum atomic E-state index is 13.0. The van der Waals surface area contributed by atoms with Crippen LogP contribution in [-0.2, 0) is 0 Å². The summed E-state index contributed by atoms with van der Waals surface area (Å²) in [5.74, 6) is -1.67. The van der Waals surface area contributed by atoms with Crippen LogP contribution in [0.5, 0.6) is 0 Å². The van der Waals surface area contributed by atoms with Gasteiger partial charge in [-0.25, -0.2) is 9.18 Å². The third-order valence-electron chi connectivity index (χ3n) is 2.66. The van der Waals surface area contributed by atoms with Crippen LogP contribution >= 0.6 is 0 Å². The van der Waals surface area contributed by atoms with E-state index in [0.717, 1.165) is 6.07 Å². The number of carbonyl (C=O) groups is 1. The summed E-state index contributed by atoms with van der Waals surface area (Å²) in [6.45, 7) is 0. The summed E-state index contributed by atoms with van der Waals surface area (Å²) >= 11 is 0. The molecule has 4 N–H and O–H groups in total. The van der Waals surface area contributed by atoms with Gasteiger partial charge in [-0.1, -0.05) is 0 Å². The van der Waals surface area contributed by atoms with Crippen molar-refractivity contribution in [2.45, 2.75) is 0 Å². The zero-order chi connectivity index (χ0) is 14.7. The SMILES string of the molecule is N#Cc1cc(F)ccc1Nc1ccc(N)c(C(=O)O)c1. The number of nitrogens with two attached hydrogens (primary N) is 1. The van der Waals surface area contributed by atoms with E-state index in [1.807, 2.05) is 6.07 Å². The molecular weight excluding hydrogens is 261 g/mol. The van der Waals surface area contributed by atoms with Crippen LogP contribution in [0.2, 0.25) is 0 Å². The molecule has 0 radical (unpaired) electrons. The fraction of sp³-hybridized carbons (Fsp3) is 0. The van der Waals surface area contributed by atoms with Gasteiger partial charge < -0.3 is 16.2 Å². The molecule has 0 unspecified atom stereocenters. The number of nitrogen functional groups attached to an aromatic ring is 1. The fourth-order valence-corrected chi connectivity index (χ4v) is 1.69. The third-order valence-corrected chi connectivity index (χ3v) is 2.66. The van der Waals surface area contributed by atoms with E-state index in [4.69, 9.17) is 16.1 Å². The number of halogens is 1. The first-order valence-corrected chi connectivity index (χ1v) is 5.61. The molecule has 2 aromatic carbocycles. The lowest BCUT2D eigenvalue weighted by atomic mass is 10.1. The summed E-state index contributed by atoms with van der Waals surface area (Å²) in [6.07, 6.45) is 0. The Bertz CT molecular complexity index is 723. The summed E-state index contributed by atoms with van der Waals surface area (Å²) in [5.41, 5.74) is 6.60. The molecule has 0 aliphatic heterocycles. The van der Waals surface area contributed by atoms with Crippen LogP contribution in [0.25, 0.3) is 0 Å². The Morgan fingerprint density at radius 3 is 2.70 bits per heavy atom. The average Bonchev–Trinajstić information content (AvgIpc) is 2.42. The number of aromatic carboxylic acids is 1. The molecule has 20 heavy (non-hydrogen) atoms. The van der Waals surface area contributed by atoms with E-state index in [0.29, 0.717) is 11.4 Å². The highest BCUT2D eigenvalue weighted by Crippen LogP contribution is 2.24. The molecule has 2 aromatic rings.